The van der Waals surface area contributed by atoms with Crippen LogP contribution in [0.5, 0.6) is 17.2 Å². The number of nitrogens with zero attached hydrogens (tertiary/aromatic N) is 3. The van der Waals surface area contributed by atoms with Gasteiger partial charge in [0.15, 0.2) is 16.7 Å². The number of fused-ring (bicyclic) bond motifs is 2. The van der Waals surface area contributed by atoms with E-state index in [0.29, 0.717) is 58.6 Å². The SMILES string of the molecule is CCC(Sc1nc2ccc(N3CCOCC3)cc2c(=O)n1Cc1ccc2c(c1)OCO2)C(=O)Nc1ccccc1OC. The predicted molar refractivity (Wildman–Crippen MR) is 162 cm³/mol. The van der Waals surface area contributed by atoms with Crippen LogP contribution >= 0.6 is 11.8 Å². The molecule has 2 aliphatic heterocycles. The van der Waals surface area contributed by atoms with E-state index in [-0.39, 0.29) is 24.8 Å². The number of hydrogen-bond donors (Lipinski definition) is 1. The molecule has 6 rings (SSSR count). The highest BCUT2D eigenvalue weighted by atomic mass is 32.2. The molecule has 0 saturated carbocycles. The van der Waals surface area contributed by atoms with E-state index in [1.807, 2.05) is 55.5 Å². The zero-order chi connectivity index (χ0) is 29.1. The highest BCUT2D eigenvalue weighted by molar-refractivity contribution is 8.00. The fraction of sp³-hybridized carbons (Fsp3) is 0.323. The average molecular weight is 589 g/mol. The van der Waals surface area contributed by atoms with Gasteiger partial charge in [0.1, 0.15) is 5.75 Å². The lowest BCUT2D eigenvalue weighted by Gasteiger charge is -2.29. The van der Waals surface area contributed by atoms with Crippen molar-refractivity contribution in [2.75, 3.05) is 50.4 Å². The summed E-state index contributed by atoms with van der Waals surface area (Å²) < 4.78 is 23.6. The molecular weight excluding hydrogens is 556 g/mol. The van der Waals surface area contributed by atoms with Crippen molar-refractivity contribution in [2.24, 2.45) is 0 Å². The molecule has 1 atom stereocenters. The number of rotatable bonds is 9. The zero-order valence-corrected chi connectivity index (χ0v) is 24.3. The van der Waals surface area contributed by atoms with Gasteiger partial charge in [-0.05, 0) is 54.4 Å². The molecule has 11 heteroatoms. The first-order chi connectivity index (χ1) is 20.5. The average Bonchev–Trinajstić information content (AvgIpc) is 3.50. The van der Waals surface area contributed by atoms with Crippen LogP contribution < -0.4 is 30.0 Å². The van der Waals surface area contributed by atoms with Gasteiger partial charge >= 0.3 is 0 Å². The van der Waals surface area contributed by atoms with Crippen molar-refractivity contribution >= 4 is 39.9 Å². The van der Waals surface area contributed by atoms with Gasteiger partial charge in [-0.3, -0.25) is 14.2 Å². The summed E-state index contributed by atoms with van der Waals surface area (Å²) in [6.07, 6.45) is 0.527. The number of anilines is 2. The van der Waals surface area contributed by atoms with Crippen molar-refractivity contribution in [2.45, 2.75) is 30.3 Å². The Hall–Kier alpha value is -4.22. The van der Waals surface area contributed by atoms with Gasteiger partial charge in [-0.2, -0.15) is 0 Å². The Morgan fingerprint density at radius 1 is 1.07 bits per heavy atom. The molecule has 1 amide bonds. The molecule has 3 aromatic carbocycles. The molecule has 42 heavy (non-hydrogen) atoms. The molecule has 0 radical (unpaired) electrons. The molecule has 10 nitrogen and oxygen atoms in total. The van der Waals surface area contributed by atoms with Gasteiger partial charge in [-0.1, -0.05) is 36.9 Å². The van der Waals surface area contributed by atoms with Gasteiger partial charge in [0.2, 0.25) is 12.7 Å². The van der Waals surface area contributed by atoms with E-state index in [0.717, 1.165) is 24.3 Å². The van der Waals surface area contributed by atoms with Crippen LogP contribution in [-0.4, -0.2) is 60.9 Å². The Morgan fingerprint density at radius 3 is 2.69 bits per heavy atom. The minimum Gasteiger partial charge on any atom is -0.495 e. The summed E-state index contributed by atoms with van der Waals surface area (Å²) in [6.45, 7) is 5.18. The number of nitrogens with one attached hydrogen (secondary N) is 1. The molecule has 0 spiro atoms. The van der Waals surface area contributed by atoms with Gasteiger partial charge < -0.3 is 29.2 Å². The van der Waals surface area contributed by atoms with Crippen LogP contribution in [0, 0.1) is 0 Å². The van der Waals surface area contributed by atoms with Crippen LogP contribution in [-0.2, 0) is 16.1 Å². The number of ether oxygens (including phenoxy) is 4. The molecule has 0 bridgehead atoms. The van der Waals surface area contributed by atoms with Crippen LogP contribution in [0.15, 0.2) is 70.6 Å². The van der Waals surface area contributed by atoms with Crippen LogP contribution in [0.25, 0.3) is 10.9 Å². The minimum absolute atomic E-state index is 0.168. The molecule has 1 N–H and O–H groups in total. The van der Waals surface area contributed by atoms with E-state index in [4.69, 9.17) is 23.9 Å². The van der Waals surface area contributed by atoms with E-state index in [2.05, 4.69) is 10.2 Å². The van der Waals surface area contributed by atoms with Crippen molar-refractivity contribution in [3.63, 3.8) is 0 Å². The molecule has 1 unspecified atom stereocenters. The summed E-state index contributed by atoms with van der Waals surface area (Å²) in [7, 11) is 1.56. The second-order valence-corrected chi connectivity index (χ2v) is 11.1. The molecule has 3 heterocycles. The van der Waals surface area contributed by atoms with Gasteiger partial charge in [0, 0.05) is 18.8 Å². The van der Waals surface area contributed by atoms with Gasteiger partial charge in [-0.25, -0.2) is 4.98 Å². The van der Waals surface area contributed by atoms with E-state index in [1.54, 1.807) is 23.8 Å². The maximum atomic E-state index is 14.1. The first-order valence-corrected chi connectivity index (χ1v) is 14.8. The first-order valence-electron chi connectivity index (χ1n) is 13.9. The number of methoxy groups -OCH3 is 1. The van der Waals surface area contributed by atoms with Gasteiger partial charge in [-0.15, -0.1) is 0 Å². The number of carbonyl (C=O) groups is 1. The van der Waals surface area contributed by atoms with Crippen LogP contribution in [0.2, 0.25) is 0 Å². The number of para-hydroxylation sites is 2. The molecule has 1 fully saturated rings. The lowest BCUT2D eigenvalue weighted by Crippen LogP contribution is -2.36. The Labute approximate surface area is 247 Å². The number of morpholine rings is 1. The summed E-state index contributed by atoms with van der Waals surface area (Å²) >= 11 is 1.28. The fourth-order valence-corrected chi connectivity index (χ4v) is 6.08. The Morgan fingerprint density at radius 2 is 1.88 bits per heavy atom. The van der Waals surface area contributed by atoms with Crippen molar-refractivity contribution in [3.8, 4) is 17.2 Å². The third-order valence-corrected chi connectivity index (χ3v) is 8.69. The summed E-state index contributed by atoms with van der Waals surface area (Å²) in [5.74, 6) is 1.69. The Balaban J connectivity index is 1.37. The third kappa shape index (κ3) is 5.75. The summed E-state index contributed by atoms with van der Waals surface area (Å²) in [6, 6.07) is 18.7. The smallest absolute Gasteiger partial charge is 0.262 e. The van der Waals surface area contributed by atoms with E-state index >= 15 is 0 Å². The fourth-order valence-electron chi connectivity index (χ4n) is 5.07. The maximum absolute atomic E-state index is 14.1. The second-order valence-electron chi connectivity index (χ2n) is 9.98. The molecule has 0 aliphatic carbocycles. The van der Waals surface area contributed by atoms with Crippen LogP contribution in [0.3, 0.4) is 0 Å². The molecule has 2 aliphatic rings. The molecule has 4 aromatic rings. The van der Waals surface area contributed by atoms with E-state index in [1.165, 1.54) is 11.8 Å². The number of benzene rings is 3. The number of aromatic nitrogens is 2. The summed E-state index contributed by atoms with van der Waals surface area (Å²) in [4.78, 5) is 34.7. The second kappa shape index (κ2) is 12.3. The zero-order valence-electron chi connectivity index (χ0n) is 23.5. The van der Waals surface area contributed by atoms with Crippen molar-refractivity contribution in [3.05, 3.63) is 76.6 Å². The van der Waals surface area contributed by atoms with Crippen LogP contribution in [0.1, 0.15) is 18.9 Å². The molecular formula is C31H32N4O6S. The number of amides is 1. The monoisotopic (exact) mass is 588 g/mol. The van der Waals surface area contributed by atoms with Crippen molar-refractivity contribution in [1.82, 2.24) is 9.55 Å². The summed E-state index contributed by atoms with van der Waals surface area (Å²) in [5, 5.41) is 3.46. The minimum atomic E-state index is -0.505. The van der Waals surface area contributed by atoms with E-state index in [9.17, 15) is 9.59 Å². The normalized spacial score (nSPS) is 15.0. The largest absolute Gasteiger partial charge is 0.495 e. The number of hydrogen-bond acceptors (Lipinski definition) is 9. The van der Waals surface area contributed by atoms with Crippen molar-refractivity contribution in [1.29, 1.82) is 0 Å². The van der Waals surface area contributed by atoms with E-state index < -0.39 is 5.25 Å². The number of thioether (sulfide) groups is 1. The standard InChI is InChI=1S/C31H32N4O6S/c1-3-28(29(36)32-24-6-4-5-7-25(24)38-2)42-31-33-23-10-9-21(34-12-14-39-15-13-34)17-22(23)30(37)35(31)18-20-8-11-26-27(16-20)41-19-40-26/h4-11,16-17,28H,3,12-15,18-19H2,1-2H3,(H,32,36). The van der Waals surface area contributed by atoms with Crippen LogP contribution in [0.4, 0.5) is 11.4 Å². The topological polar surface area (TPSA) is 104 Å². The lowest BCUT2D eigenvalue weighted by molar-refractivity contribution is -0.115. The van der Waals surface area contributed by atoms with Crippen molar-refractivity contribution < 1.29 is 23.7 Å². The lowest BCUT2D eigenvalue weighted by atomic mass is 10.1. The molecule has 1 saturated heterocycles. The van der Waals surface area contributed by atoms with Gasteiger partial charge in [0.25, 0.3) is 5.56 Å². The first kappa shape index (κ1) is 27.9. The maximum Gasteiger partial charge on any atom is 0.262 e. The molecule has 1 aromatic heterocycles. The number of carbonyl (C=O) groups excluding carboxylic acids is 1. The van der Waals surface area contributed by atoms with Gasteiger partial charge in [0.05, 0.1) is 48.7 Å². The quantitative estimate of drug-likeness (QED) is 0.223. The molecule has 218 valence electrons. The highest BCUT2D eigenvalue weighted by Gasteiger charge is 2.24. The Kier molecular flexibility index (Phi) is 8.20. The Bertz CT molecular complexity index is 1670. The highest BCUT2D eigenvalue weighted by Crippen LogP contribution is 2.34. The summed E-state index contributed by atoms with van der Waals surface area (Å²) in [5.41, 5.74) is 2.82. The third-order valence-electron chi connectivity index (χ3n) is 7.33. The predicted octanol–water partition coefficient (Wildman–Crippen LogP) is 4.53.